The average Bonchev–Trinajstić information content (AvgIpc) is 2.95. The highest BCUT2D eigenvalue weighted by Gasteiger charge is 2.32. The van der Waals surface area contributed by atoms with E-state index >= 15 is 0 Å². The Morgan fingerprint density at radius 3 is 2.69 bits per heavy atom. The number of aryl methyl sites for hydroxylation is 1. The molecule has 1 aromatic rings. The van der Waals surface area contributed by atoms with E-state index in [-0.39, 0.29) is 17.9 Å². The summed E-state index contributed by atoms with van der Waals surface area (Å²) < 4.78 is 7.89. The molecule has 0 aromatic carbocycles. The van der Waals surface area contributed by atoms with E-state index in [1.807, 2.05) is 24.8 Å². The van der Waals surface area contributed by atoms with Gasteiger partial charge in [0.05, 0.1) is 18.2 Å². The number of hydrogen-bond donors (Lipinski definition) is 0. The van der Waals surface area contributed by atoms with Crippen molar-refractivity contribution in [1.82, 2.24) is 14.4 Å². The molecule has 6 heteroatoms. The van der Waals surface area contributed by atoms with E-state index in [1.165, 1.54) is 6.08 Å². The van der Waals surface area contributed by atoms with Gasteiger partial charge in [-0.15, -0.1) is 0 Å². The van der Waals surface area contributed by atoms with Crippen molar-refractivity contribution >= 4 is 11.8 Å². The fourth-order valence-corrected chi connectivity index (χ4v) is 4.23. The van der Waals surface area contributed by atoms with Gasteiger partial charge in [0.15, 0.2) is 0 Å². The summed E-state index contributed by atoms with van der Waals surface area (Å²) in [5.41, 5.74) is 2.89. The van der Waals surface area contributed by atoms with Gasteiger partial charge in [-0.25, -0.2) is 0 Å². The molecule has 3 heterocycles. The fourth-order valence-electron chi connectivity index (χ4n) is 4.23. The van der Waals surface area contributed by atoms with E-state index in [1.54, 1.807) is 4.90 Å². The largest absolute Gasteiger partial charge is 0.379 e. The zero-order valence-electron chi connectivity index (χ0n) is 16.0. The van der Waals surface area contributed by atoms with Gasteiger partial charge in [-0.05, 0) is 45.8 Å². The second kappa shape index (κ2) is 7.66. The zero-order chi connectivity index (χ0) is 18.8. The Morgan fingerprint density at radius 1 is 1.31 bits per heavy atom. The summed E-state index contributed by atoms with van der Waals surface area (Å²) in [4.78, 5) is 28.6. The number of nitrogens with zero attached hydrogens (tertiary/aromatic N) is 3. The van der Waals surface area contributed by atoms with Gasteiger partial charge < -0.3 is 19.1 Å². The molecule has 2 amide bonds. The highest BCUT2D eigenvalue weighted by molar-refractivity contribution is 5.96. The molecule has 2 fully saturated rings. The topological polar surface area (TPSA) is 54.8 Å². The molecule has 2 aliphatic rings. The van der Waals surface area contributed by atoms with Crippen LogP contribution in [0.3, 0.4) is 0 Å². The van der Waals surface area contributed by atoms with E-state index in [0.29, 0.717) is 32.3 Å². The molecule has 6 nitrogen and oxygen atoms in total. The van der Waals surface area contributed by atoms with Gasteiger partial charge in [0.25, 0.3) is 5.91 Å². The van der Waals surface area contributed by atoms with Gasteiger partial charge >= 0.3 is 0 Å². The van der Waals surface area contributed by atoms with Crippen LogP contribution >= 0.6 is 0 Å². The molecule has 0 radical (unpaired) electrons. The second-order valence-corrected chi connectivity index (χ2v) is 7.36. The van der Waals surface area contributed by atoms with Crippen LogP contribution in [0.5, 0.6) is 0 Å². The first kappa shape index (κ1) is 18.7. The smallest absolute Gasteiger partial charge is 0.256 e. The Labute approximate surface area is 155 Å². The summed E-state index contributed by atoms with van der Waals surface area (Å²) in [6.45, 7) is 12.8. The van der Waals surface area contributed by atoms with Crippen LogP contribution in [0.15, 0.2) is 18.7 Å². The molecule has 0 N–H and O–H groups in total. The van der Waals surface area contributed by atoms with Gasteiger partial charge in [-0.1, -0.05) is 6.58 Å². The zero-order valence-corrected chi connectivity index (χ0v) is 16.0. The molecule has 2 atom stereocenters. The molecule has 3 rings (SSSR count). The number of amides is 2. The third-order valence-corrected chi connectivity index (χ3v) is 5.59. The number of piperazine rings is 1. The van der Waals surface area contributed by atoms with Crippen molar-refractivity contribution in [2.75, 3.05) is 32.8 Å². The molecule has 0 aliphatic carbocycles. The third kappa shape index (κ3) is 3.43. The number of carbonyl (C=O) groups is 2. The Bertz CT molecular complexity index is 703. The van der Waals surface area contributed by atoms with Crippen LogP contribution < -0.4 is 0 Å². The summed E-state index contributed by atoms with van der Waals surface area (Å²) in [6.07, 6.45) is 3.48. The van der Waals surface area contributed by atoms with E-state index < -0.39 is 0 Å². The highest BCUT2D eigenvalue weighted by atomic mass is 16.5. The van der Waals surface area contributed by atoms with Crippen LogP contribution in [-0.4, -0.2) is 65.1 Å². The van der Waals surface area contributed by atoms with Crippen molar-refractivity contribution < 1.29 is 14.3 Å². The fraction of sp³-hybridized carbons (Fsp3) is 0.600. The van der Waals surface area contributed by atoms with Crippen molar-refractivity contribution in [3.8, 4) is 0 Å². The molecule has 1 unspecified atom stereocenters. The first-order valence-corrected chi connectivity index (χ1v) is 9.42. The lowest BCUT2D eigenvalue weighted by molar-refractivity contribution is -0.128. The number of aromatic nitrogens is 1. The van der Waals surface area contributed by atoms with E-state index in [9.17, 15) is 9.59 Å². The molecule has 1 aromatic heterocycles. The number of hydrogen-bond acceptors (Lipinski definition) is 3. The van der Waals surface area contributed by atoms with Crippen molar-refractivity contribution in [2.45, 2.75) is 45.7 Å². The van der Waals surface area contributed by atoms with Crippen molar-refractivity contribution in [3.05, 3.63) is 35.7 Å². The van der Waals surface area contributed by atoms with Gasteiger partial charge in [-0.2, -0.15) is 0 Å². The number of rotatable bonds is 3. The summed E-state index contributed by atoms with van der Waals surface area (Å²) >= 11 is 0. The lowest BCUT2D eigenvalue weighted by atomic mass is 10.1. The van der Waals surface area contributed by atoms with Crippen LogP contribution in [0.4, 0.5) is 0 Å². The van der Waals surface area contributed by atoms with Crippen LogP contribution in [0.1, 0.15) is 47.6 Å². The number of carbonyl (C=O) groups excluding carboxylic acids is 2. The second-order valence-electron chi connectivity index (χ2n) is 7.36. The Kier molecular flexibility index (Phi) is 5.51. The minimum atomic E-state index is -0.0700. The molecule has 0 bridgehead atoms. The normalized spacial score (nSPS) is 23.8. The maximum Gasteiger partial charge on any atom is 0.256 e. The molecule has 0 spiro atoms. The van der Waals surface area contributed by atoms with E-state index in [0.717, 1.165) is 36.4 Å². The quantitative estimate of drug-likeness (QED) is 0.778. The maximum absolute atomic E-state index is 13.2. The summed E-state index contributed by atoms with van der Waals surface area (Å²) in [6, 6.07) is 2.30. The van der Waals surface area contributed by atoms with Crippen LogP contribution in [-0.2, 0) is 9.53 Å². The van der Waals surface area contributed by atoms with Gasteiger partial charge in [0.1, 0.15) is 0 Å². The first-order chi connectivity index (χ1) is 12.4. The van der Waals surface area contributed by atoms with Gasteiger partial charge in [0, 0.05) is 43.7 Å². The molecule has 2 aliphatic heterocycles. The molecule has 0 saturated carbocycles. The maximum atomic E-state index is 13.2. The van der Waals surface area contributed by atoms with Gasteiger partial charge in [0.2, 0.25) is 5.91 Å². The lowest BCUT2D eigenvalue weighted by Crippen LogP contribution is -2.55. The van der Waals surface area contributed by atoms with Gasteiger partial charge in [-0.3, -0.25) is 9.59 Å². The summed E-state index contributed by atoms with van der Waals surface area (Å²) in [5, 5.41) is 0. The highest BCUT2D eigenvalue weighted by Crippen LogP contribution is 2.28. The average molecular weight is 359 g/mol. The molecular formula is C20H29N3O3. The third-order valence-electron chi connectivity index (χ3n) is 5.59. The van der Waals surface area contributed by atoms with Crippen LogP contribution in [0.25, 0.3) is 0 Å². The Balaban J connectivity index is 1.78. The Hall–Kier alpha value is -2.08. The molecule has 2 saturated heterocycles. The van der Waals surface area contributed by atoms with Crippen molar-refractivity contribution in [3.63, 3.8) is 0 Å². The summed E-state index contributed by atoms with van der Waals surface area (Å²) in [7, 11) is 0. The van der Waals surface area contributed by atoms with E-state index in [4.69, 9.17) is 4.74 Å². The van der Waals surface area contributed by atoms with Crippen LogP contribution in [0.2, 0.25) is 0 Å². The van der Waals surface area contributed by atoms with Crippen LogP contribution in [0, 0.1) is 13.8 Å². The van der Waals surface area contributed by atoms with Crippen molar-refractivity contribution in [2.24, 2.45) is 0 Å². The van der Waals surface area contributed by atoms with E-state index in [2.05, 4.69) is 18.1 Å². The Morgan fingerprint density at radius 2 is 2.08 bits per heavy atom. The SMILES string of the molecule is C=CC(=O)N1CCN(C(=O)c2cc(C)n(C3CCCOC3)c2C)[C@@H](C)C1. The molecule has 26 heavy (non-hydrogen) atoms. The molecule has 142 valence electrons. The number of ether oxygens (including phenoxy) is 1. The summed E-state index contributed by atoms with van der Waals surface area (Å²) in [5.74, 6) is -0.0151. The van der Waals surface area contributed by atoms with Crippen molar-refractivity contribution in [1.29, 1.82) is 0 Å². The monoisotopic (exact) mass is 359 g/mol. The molecular weight excluding hydrogens is 330 g/mol. The minimum absolute atomic E-state index is 0.0128. The first-order valence-electron chi connectivity index (χ1n) is 9.42. The predicted octanol–water partition coefficient (Wildman–Crippen LogP) is 2.32. The minimum Gasteiger partial charge on any atom is -0.379 e. The lowest BCUT2D eigenvalue weighted by Gasteiger charge is -2.39. The standard InChI is InChI=1S/C20H29N3O3/c1-5-19(24)21-8-9-22(15(3)12-21)20(25)18-11-14(2)23(16(18)4)17-7-6-10-26-13-17/h5,11,15,17H,1,6-10,12-13H2,2-4H3/t15-,17?/m0/s1. The predicted molar refractivity (Wildman–Crippen MR) is 100 cm³/mol.